The van der Waals surface area contributed by atoms with Crippen molar-refractivity contribution < 1.29 is 8.42 Å². The molecular weight excluding hydrogens is 280 g/mol. The number of rotatable bonds is 9. The highest BCUT2D eigenvalue weighted by atomic mass is 32.2. The van der Waals surface area contributed by atoms with Crippen LogP contribution in [0, 0.1) is 6.92 Å². The van der Waals surface area contributed by atoms with Gasteiger partial charge in [0, 0.05) is 11.1 Å². The lowest BCUT2D eigenvalue weighted by atomic mass is 10.1. The van der Waals surface area contributed by atoms with E-state index < -0.39 is 9.84 Å². The Morgan fingerprint density at radius 2 is 2.16 bits per heavy atom. The molecule has 0 bridgehead atoms. The van der Waals surface area contributed by atoms with Gasteiger partial charge in [-0.05, 0) is 32.7 Å². The summed E-state index contributed by atoms with van der Waals surface area (Å²) in [6, 6.07) is 0.178. The highest BCUT2D eigenvalue weighted by Gasteiger charge is 2.15. The van der Waals surface area contributed by atoms with E-state index in [1.54, 1.807) is 18.3 Å². The number of sulfone groups is 1. The van der Waals surface area contributed by atoms with Crippen LogP contribution in [-0.2, 0) is 9.84 Å². The lowest BCUT2D eigenvalue weighted by molar-refractivity contribution is 0.483. The van der Waals surface area contributed by atoms with Gasteiger partial charge in [0.25, 0.3) is 0 Å². The van der Waals surface area contributed by atoms with Crippen molar-refractivity contribution in [1.82, 2.24) is 10.3 Å². The Balaban J connectivity index is 2.55. The van der Waals surface area contributed by atoms with Crippen molar-refractivity contribution in [1.29, 1.82) is 0 Å². The molecule has 0 spiro atoms. The number of hydrogen-bond acceptors (Lipinski definition) is 5. The predicted molar refractivity (Wildman–Crippen MR) is 81.4 cm³/mol. The number of aryl methyl sites for hydroxylation is 1. The Morgan fingerprint density at radius 1 is 1.42 bits per heavy atom. The maximum absolute atomic E-state index is 11.5. The van der Waals surface area contributed by atoms with Crippen molar-refractivity contribution in [2.45, 2.75) is 46.1 Å². The fourth-order valence-electron chi connectivity index (χ4n) is 1.87. The quantitative estimate of drug-likeness (QED) is 0.762. The molecule has 1 aromatic rings. The minimum atomic E-state index is -2.86. The summed E-state index contributed by atoms with van der Waals surface area (Å²) in [6.45, 7) is 6.75. The Labute approximate surface area is 120 Å². The second-order valence-corrected chi connectivity index (χ2v) is 8.21. The normalized spacial score (nSPS) is 13.6. The highest BCUT2D eigenvalue weighted by molar-refractivity contribution is 7.91. The number of aromatic nitrogens is 1. The molecule has 0 aliphatic carbocycles. The zero-order valence-electron chi connectivity index (χ0n) is 12.0. The van der Waals surface area contributed by atoms with Gasteiger partial charge >= 0.3 is 0 Å². The summed E-state index contributed by atoms with van der Waals surface area (Å²) in [4.78, 5) is 4.51. The summed E-state index contributed by atoms with van der Waals surface area (Å²) in [5, 5.41) is 6.57. The van der Waals surface area contributed by atoms with Gasteiger partial charge in [0.1, 0.15) is 9.84 Å². The SMILES string of the molecule is CCCNC(CCCS(=O)(=O)CC)c1csc(C)n1. The van der Waals surface area contributed by atoms with Crippen LogP contribution >= 0.6 is 11.3 Å². The molecule has 1 heterocycles. The molecule has 1 unspecified atom stereocenters. The molecule has 0 aliphatic heterocycles. The van der Waals surface area contributed by atoms with E-state index in [4.69, 9.17) is 0 Å². The number of thiazole rings is 1. The first-order valence-electron chi connectivity index (χ1n) is 6.84. The van der Waals surface area contributed by atoms with Crippen LogP contribution in [0.4, 0.5) is 0 Å². The van der Waals surface area contributed by atoms with Gasteiger partial charge in [-0.3, -0.25) is 0 Å². The molecule has 0 fully saturated rings. The molecule has 1 atom stereocenters. The molecule has 0 aliphatic rings. The maximum Gasteiger partial charge on any atom is 0.150 e. The van der Waals surface area contributed by atoms with Gasteiger partial charge in [0.05, 0.1) is 22.5 Å². The Kier molecular flexibility index (Phi) is 6.96. The lowest BCUT2D eigenvalue weighted by Crippen LogP contribution is -2.23. The van der Waals surface area contributed by atoms with Gasteiger partial charge in [-0.25, -0.2) is 13.4 Å². The average molecular weight is 304 g/mol. The van der Waals surface area contributed by atoms with Crippen molar-refractivity contribution in [3.63, 3.8) is 0 Å². The standard InChI is InChI=1S/C13H24N2O2S2/c1-4-8-14-12(13-10-18-11(3)15-13)7-6-9-19(16,17)5-2/h10,12,14H,4-9H2,1-3H3. The van der Waals surface area contributed by atoms with Crippen LogP contribution in [0.1, 0.15) is 49.9 Å². The fraction of sp³-hybridized carbons (Fsp3) is 0.769. The minimum Gasteiger partial charge on any atom is -0.309 e. The van der Waals surface area contributed by atoms with Crippen LogP contribution in [0.2, 0.25) is 0 Å². The Hall–Kier alpha value is -0.460. The lowest BCUT2D eigenvalue weighted by Gasteiger charge is -2.16. The van der Waals surface area contributed by atoms with Gasteiger partial charge < -0.3 is 5.32 Å². The summed E-state index contributed by atoms with van der Waals surface area (Å²) in [6.07, 6.45) is 2.57. The van der Waals surface area contributed by atoms with E-state index >= 15 is 0 Å². The molecule has 19 heavy (non-hydrogen) atoms. The van der Waals surface area contributed by atoms with E-state index in [1.807, 2.05) is 6.92 Å². The zero-order chi connectivity index (χ0) is 14.3. The first-order chi connectivity index (χ1) is 8.98. The average Bonchev–Trinajstić information content (AvgIpc) is 2.80. The summed E-state index contributed by atoms with van der Waals surface area (Å²) in [7, 11) is -2.86. The molecular formula is C13H24N2O2S2. The predicted octanol–water partition coefficient (Wildman–Crippen LogP) is 2.71. The molecule has 0 aromatic carbocycles. The van der Waals surface area contributed by atoms with E-state index in [2.05, 4.69) is 22.6 Å². The van der Waals surface area contributed by atoms with E-state index in [0.29, 0.717) is 6.42 Å². The third-order valence-corrected chi connectivity index (χ3v) is 5.60. The third kappa shape index (κ3) is 6.01. The third-order valence-electron chi connectivity index (χ3n) is 3.02. The van der Waals surface area contributed by atoms with Crippen molar-refractivity contribution >= 4 is 21.2 Å². The first-order valence-corrected chi connectivity index (χ1v) is 9.54. The molecule has 1 aromatic heterocycles. The van der Waals surface area contributed by atoms with Gasteiger partial charge in [-0.1, -0.05) is 13.8 Å². The van der Waals surface area contributed by atoms with Crippen LogP contribution in [0.25, 0.3) is 0 Å². The summed E-state index contributed by atoms with van der Waals surface area (Å²) < 4.78 is 23.0. The second kappa shape index (κ2) is 7.97. The Bertz CT molecular complexity index is 469. The van der Waals surface area contributed by atoms with Gasteiger partial charge in [0.2, 0.25) is 0 Å². The van der Waals surface area contributed by atoms with Gasteiger partial charge in [-0.2, -0.15) is 0 Å². The van der Waals surface area contributed by atoms with E-state index in [-0.39, 0.29) is 17.5 Å². The molecule has 1 N–H and O–H groups in total. The summed E-state index contributed by atoms with van der Waals surface area (Å²) in [5.41, 5.74) is 1.05. The number of nitrogens with zero attached hydrogens (tertiary/aromatic N) is 1. The van der Waals surface area contributed by atoms with Crippen molar-refractivity contribution in [3.05, 3.63) is 16.1 Å². The summed E-state index contributed by atoms with van der Waals surface area (Å²) in [5.74, 6) is 0.507. The maximum atomic E-state index is 11.5. The summed E-state index contributed by atoms with van der Waals surface area (Å²) >= 11 is 1.64. The van der Waals surface area contributed by atoms with Crippen molar-refractivity contribution in [3.8, 4) is 0 Å². The largest absolute Gasteiger partial charge is 0.309 e. The monoisotopic (exact) mass is 304 g/mol. The van der Waals surface area contributed by atoms with E-state index in [9.17, 15) is 8.42 Å². The smallest absolute Gasteiger partial charge is 0.150 e. The molecule has 4 nitrogen and oxygen atoms in total. The van der Waals surface area contributed by atoms with Gasteiger partial charge in [-0.15, -0.1) is 11.3 Å². The van der Waals surface area contributed by atoms with Crippen molar-refractivity contribution in [2.75, 3.05) is 18.1 Å². The number of nitrogens with one attached hydrogen (secondary N) is 1. The molecule has 0 saturated carbocycles. The topological polar surface area (TPSA) is 59.1 Å². The Morgan fingerprint density at radius 3 is 2.68 bits per heavy atom. The van der Waals surface area contributed by atoms with E-state index in [1.165, 1.54) is 0 Å². The van der Waals surface area contributed by atoms with Gasteiger partial charge in [0.15, 0.2) is 0 Å². The molecule has 1 rings (SSSR count). The van der Waals surface area contributed by atoms with Crippen LogP contribution in [0.3, 0.4) is 0 Å². The molecule has 110 valence electrons. The fourth-order valence-corrected chi connectivity index (χ4v) is 3.43. The van der Waals surface area contributed by atoms with Crippen LogP contribution < -0.4 is 5.32 Å². The number of hydrogen-bond donors (Lipinski definition) is 1. The van der Waals surface area contributed by atoms with Crippen molar-refractivity contribution in [2.24, 2.45) is 0 Å². The first kappa shape index (κ1) is 16.6. The highest BCUT2D eigenvalue weighted by Crippen LogP contribution is 2.21. The molecule has 6 heteroatoms. The molecule has 0 radical (unpaired) electrons. The van der Waals surface area contributed by atoms with Crippen LogP contribution in [0.15, 0.2) is 5.38 Å². The van der Waals surface area contributed by atoms with Crippen LogP contribution in [-0.4, -0.2) is 31.5 Å². The van der Waals surface area contributed by atoms with E-state index in [0.717, 1.165) is 30.1 Å². The van der Waals surface area contributed by atoms with Crippen LogP contribution in [0.5, 0.6) is 0 Å². The second-order valence-electron chi connectivity index (χ2n) is 4.68. The minimum absolute atomic E-state index is 0.178. The molecule has 0 saturated heterocycles. The zero-order valence-corrected chi connectivity index (χ0v) is 13.6. The molecule has 0 amide bonds.